The van der Waals surface area contributed by atoms with E-state index in [4.69, 9.17) is 22.9 Å². The van der Waals surface area contributed by atoms with Crippen LogP contribution in [0.25, 0.3) is 0 Å². The monoisotopic (exact) mass is 518 g/mol. The van der Waals surface area contributed by atoms with Crippen molar-refractivity contribution in [2.75, 3.05) is 18.6 Å². The molecule has 0 bridgehead atoms. The van der Waals surface area contributed by atoms with E-state index in [2.05, 4.69) is 20.9 Å². The van der Waals surface area contributed by atoms with Crippen LogP contribution in [0.1, 0.15) is 39.5 Å². The molecular weight excluding hydrogens is 480 g/mol. The topological polar surface area (TPSA) is 258 Å². The number of rotatable bonds is 17. The molecule has 0 fully saturated rings. The van der Waals surface area contributed by atoms with E-state index in [9.17, 15) is 29.1 Å². The minimum atomic E-state index is -1.24. The van der Waals surface area contributed by atoms with Gasteiger partial charge in [0.15, 0.2) is 5.96 Å². The van der Waals surface area contributed by atoms with Crippen LogP contribution >= 0.6 is 11.8 Å². The first-order chi connectivity index (χ1) is 16.3. The molecule has 12 N–H and O–H groups in total. The molecule has 35 heavy (non-hydrogen) atoms. The Labute approximate surface area is 208 Å². The molecule has 0 aromatic carbocycles. The summed E-state index contributed by atoms with van der Waals surface area (Å²) in [4.78, 5) is 64.6. The van der Waals surface area contributed by atoms with Gasteiger partial charge in [0, 0.05) is 6.54 Å². The molecule has 0 saturated heterocycles. The van der Waals surface area contributed by atoms with E-state index in [1.54, 1.807) is 13.8 Å². The largest absolute Gasteiger partial charge is 0.480 e. The molecule has 0 aromatic rings. The first kappa shape index (κ1) is 31.9. The number of aliphatic imine (C=N–C) groups is 1. The molecule has 0 aromatic heterocycles. The third-order valence-corrected chi connectivity index (χ3v) is 5.45. The Morgan fingerprint density at radius 1 is 0.914 bits per heavy atom. The summed E-state index contributed by atoms with van der Waals surface area (Å²) < 4.78 is 0. The lowest BCUT2D eigenvalue weighted by atomic mass is 10.0. The normalized spacial score (nSPS) is 14.2. The number of nitrogens with two attached hydrogens (primary N) is 4. The van der Waals surface area contributed by atoms with Crippen LogP contribution in [0.3, 0.4) is 0 Å². The number of carbonyl (C=O) groups excluding carboxylic acids is 4. The van der Waals surface area contributed by atoms with Crippen LogP contribution in [0.15, 0.2) is 4.99 Å². The smallest absolute Gasteiger partial charge is 0.326 e. The number of guanidine groups is 1. The molecule has 0 rings (SSSR count). The molecule has 14 nitrogen and oxygen atoms in total. The van der Waals surface area contributed by atoms with Crippen molar-refractivity contribution in [1.82, 2.24) is 16.0 Å². The predicted octanol–water partition coefficient (Wildman–Crippen LogP) is -2.81. The number of primary amides is 1. The second kappa shape index (κ2) is 16.5. The van der Waals surface area contributed by atoms with Crippen molar-refractivity contribution in [2.45, 2.75) is 63.7 Å². The Bertz CT molecular complexity index is 775. The first-order valence-corrected chi connectivity index (χ1v) is 12.4. The summed E-state index contributed by atoms with van der Waals surface area (Å²) in [5, 5.41) is 16.9. The Morgan fingerprint density at radius 3 is 2.00 bits per heavy atom. The minimum absolute atomic E-state index is 0.100. The molecule has 0 spiro atoms. The molecule has 0 radical (unpaired) electrons. The van der Waals surface area contributed by atoms with Gasteiger partial charge in [-0.15, -0.1) is 0 Å². The summed E-state index contributed by atoms with van der Waals surface area (Å²) in [5.74, 6) is -4.14. The maximum Gasteiger partial charge on any atom is 0.326 e. The van der Waals surface area contributed by atoms with E-state index in [-0.39, 0.29) is 25.3 Å². The number of nitrogens with one attached hydrogen (secondary N) is 3. The van der Waals surface area contributed by atoms with Gasteiger partial charge in [-0.1, -0.05) is 13.8 Å². The van der Waals surface area contributed by atoms with Gasteiger partial charge in [0.2, 0.25) is 23.6 Å². The summed E-state index contributed by atoms with van der Waals surface area (Å²) >= 11 is 1.43. The number of carboxylic acid groups (broad SMARTS) is 1. The van der Waals surface area contributed by atoms with Crippen LogP contribution in [0.4, 0.5) is 0 Å². The third-order valence-electron chi connectivity index (χ3n) is 4.81. The molecule has 0 aliphatic carbocycles. The molecular formula is C20H38N8O6S. The van der Waals surface area contributed by atoms with Gasteiger partial charge in [0.25, 0.3) is 0 Å². The summed E-state index contributed by atoms with van der Waals surface area (Å²) in [5.41, 5.74) is 21.3. The average Bonchev–Trinajstić information content (AvgIpc) is 2.75. The van der Waals surface area contributed by atoms with Gasteiger partial charge in [-0.2, -0.15) is 11.8 Å². The van der Waals surface area contributed by atoms with Crippen LogP contribution in [0.5, 0.6) is 0 Å². The lowest BCUT2D eigenvalue weighted by Crippen LogP contribution is -2.58. The molecule has 4 unspecified atom stereocenters. The lowest BCUT2D eigenvalue weighted by Gasteiger charge is -2.27. The van der Waals surface area contributed by atoms with Crippen molar-refractivity contribution < 1.29 is 29.1 Å². The Morgan fingerprint density at radius 2 is 1.51 bits per heavy atom. The Hall–Kier alpha value is -3.07. The van der Waals surface area contributed by atoms with Crippen LogP contribution in [-0.4, -0.2) is 83.4 Å². The van der Waals surface area contributed by atoms with Crippen molar-refractivity contribution >= 4 is 47.3 Å². The molecule has 200 valence electrons. The fraction of sp³-hybridized carbons (Fsp3) is 0.700. The zero-order chi connectivity index (χ0) is 27.1. The maximum atomic E-state index is 13.0. The number of carbonyl (C=O) groups is 5. The van der Waals surface area contributed by atoms with Gasteiger partial charge in [-0.3, -0.25) is 24.2 Å². The van der Waals surface area contributed by atoms with Crippen LogP contribution in [0.2, 0.25) is 0 Å². The fourth-order valence-electron chi connectivity index (χ4n) is 2.90. The van der Waals surface area contributed by atoms with Gasteiger partial charge in [-0.05, 0) is 37.2 Å². The zero-order valence-electron chi connectivity index (χ0n) is 20.3. The third kappa shape index (κ3) is 13.4. The van der Waals surface area contributed by atoms with Crippen molar-refractivity contribution in [3.8, 4) is 0 Å². The highest BCUT2D eigenvalue weighted by Gasteiger charge is 2.31. The highest BCUT2D eigenvalue weighted by molar-refractivity contribution is 7.98. The van der Waals surface area contributed by atoms with E-state index >= 15 is 0 Å². The second-order valence-corrected chi connectivity index (χ2v) is 9.18. The predicted molar refractivity (Wildman–Crippen MR) is 133 cm³/mol. The maximum absolute atomic E-state index is 13.0. The number of carboxylic acids is 1. The highest BCUT2D eigenvalue weighted by Crippen LogP contribution is 2.08. The van der Waals surface area contributed by atoms with Gasteiger partial charge in [-0.25, -0.2) is 4.79 Å². The average molecular weight is 519 g/mol. The molecule has 0 aliphatic rings. The van der Waals surface area contributed by atoms with Gasteiger partial charge < -0.3 is 44.0 Å². The Balaban J connectivity index is 5.54. The summed E-state index contributed by atoms with van der Waals surface area (Å²) in [6.07, 6.45) is 2.01. The van der Waals surface area contributed by atoms with Crippen LogP contribution in [-0.2, 0) is 24.0 Å². The zero-order valence-corrected chi connectivity index (χ0v) is 21.1. The molecule has 0 aliphatic heterocycles. The molecule has 0 saturated carbocycles. The van der Waals surface area contributed by atoms with Crippen molar-refractivity contribution in [3.05, 3.63) is 0 Å². The number of amides is 4. The minimum Gasteiger partial charge on any atom is -0.480 e. The lowest BCUT2D eigenvalue weighted by molar-refractivity contribution is -0.142. The van der Waals surface area contributed by atoms with Crippen molar-refractivity contribution in [2.24, 2.45) is 33.8 Å². The fourth-order valence-corrected chi connectivity index (χ4v) is 3.38. The van der Waals surface area contributed by atoms with Crippen molar-refractivity contribution in [3.63, 3.8) is 0 Å². The highest BCUT2D eigenvalue weighted by atomic mass is 32.2. The van der Waals surface area contributed by atoms with E-state index in [0.717, 1.165) is 0 Å². The number of nitrogens with zero attached hydrogens (tertiary/aromatic N) is 1. The van der Waals surface area contributed by atoms with E-state index in [1.807, 2.05) is 6.26 Å². The summed E-state index contributed by atoms with van der Waals surface area (Å²) in [7, 11) is 0. The summed E-state index contributed by atoms with van der Waals surface area (Å²) in [6.45, 7) is 3.52. The van der Waals surface area contributed by atoms with Crippen LogP contribution in [0, 0.1) is 5.92 Å². The molecule has 0 heterocycles. The number of aliphatic carboxylic acids is 1. The molecule has 4 atom stereocenters. The first-order valence-electron chi connectivity index (χ1n) is 11.0. The van der Waals surface area contributed by atoms with Gasteiger partial charge >= 0.3 is 5.97 Å². The molecule has 4 amide bonds. The van der Waals surface area contributed by atoms with Crippen molar-refractivity contribution in [1.29, 1.82) is 0 Å². The number of hydrogen-bond acceptors (Lipinski definition) is 8. The standard InChI is InChI=1S/C20H38N8O6S/c1-10(2)15(28-16(30)11(21)9-14(22)29)18(32)26-12(5-4-7-25-20(23)24)17(31)27-13(19(33)34)6-8-35-3/h10-13,15H,4-9,21H2,1-3H3,(H2,22,29)(H,26,32)(H,27,31)(H,28,30)(H,33,34)(H4,23,24,25). The second-order valence-electron chi connectivity index (χ2n) is 8.20. The van der Waals surface area contributed by atoms with Gasteiger partial charge in [0.1, 0.15) is 18.1 Å². The van der Waals surface area contributed by atoms with E-state index in [0.29, 0.717) is 12.2 Å². The number of hydrogen-bond donors (Lipinski definition) is 8. The summed E-state index contributed by atoms with van der Waals surface area (Å²) in [6, 6.07) is -4.58. The van der Waals surface area contributed by atoms with E-state index in [1.165, 1.54) is 11.8 Å². The SMILES string of the molecule is CSCCC(NC(=O)C(CCCN=C(N)N)NC(=O)C(NC(=O)C(N)CC(N)=O)C(C)C)C(=O)O. The van der Waals surface area contributed by atoms with Crippen LogP contribution < -0.4 is 38.9 Å². The Kier molecular flexibility index (Phi) is 15.1. The van der Waals surface area contributed by atoms with E-state index < -0.39 is 66.1 Å². The van der Waals surface area contributed by atoms with Gasteiger partial charge in [0.05, 0.1) is 12.5 Å². The number of thioether (sulfide) groups is 1. The quantitative estimate of drug-likeness (QED) is 0.0556. The molecule has 15 heteroatoms.